The van der Waals surface area contributed by atoms with E-state index in [2.05, 4.69) is 19.2 Å². The second-order valence-corrected chi connectivity index (χ2v) is 7.57. The Morgan fingerprint density at radius 1 is 1.30 bits per heavy atom. The summed E-state index contributed by atoms with van der Waals surface area (Å²) in [5.41, 5.74) is 0.356. The number of amides is 2. The van der Waals surface area contributed by atoms with Crippen LogP contribution in [0.5, 0.6) is 5.75 Å². The molecule has 0 aromatic heterocycles. The minimum Gasteiger partial charge on any atom is -0.487 e. The van der Waals surface area contributed by atoms with E-state index >= 15 is 0 Å². The van der Waals surface area contributed by atoms with Crippen LogP contribution in [0.4, 0.5) is 4.79 Å². The zero-order chi connectivity index (χ0) is 16.3. The average molecular weight is 316 g/mol. The highest BCUT2D eigenvalue weighted by Gasteiger charge is 2.39. The number of likely N-dealkylation sites (tertiary alicyclic amines) is 1. The molecule has 1 N–H and O–H groups in total. The lowest BCUT2D eigenvalue weighted by molar-refractivity contribution is 0.0397. The third kappa shape index (κ3) is 3.98. The molecule has 0 spiro atoms. The number of nitrogens with zero attached hydrogens (tertiary/aromatic N) is 1. The van der Waals surface area contributed by atoms with Crippen LogP contribution in [0.25, 0.3) is 0 Å². The fourth-order valence-electron chi connectivity index (χ4n) is 3.74. The zero-order valence-corrected chi connectivity index (χ0v) is 14.3. The van der Waals surface area contributed by atoms with Gasteiger partial charge in [0, 0.05) is 6.54 Å². The van der Waals surface area contributed by atoms with Crippen LogP contribution >= 0.6 is 0 Å². The minimum atomic E-state index is 0.0629. The first-order valence-electron chi connectivity index (χ1n) is 8.81. The Balaban J connectivity index is 1.39. The van der Waals surface area contributed by atoms with Crippen LogP contribution in [0, 0.1) is 11.3 Å². The van der Waals surface area contributed by atoms with Crippen molar-refractivity contribution >= 4 is 6.03 Å². The van der Waals surface area contributed by atoms with Crippen molar-refractivity contribution in [1.82, 2.24) is 10.2 Å². The summed E-state index contributed by atoms with van der Waals surface area (Å²) in [6.07, 6.45) is 5.15. The Kier molecular flexibility index (Phi) is 4.79. The smallest absolute Gasteiger partial charge is 0.317 e. The van der Waals surface area contributed by atoms with Gasteiger partial charge in [0.1, 0.15) is 11.9 Å². The van der Waals surface area contributed by atoms with Crippen molar-refractivity contribution in [3.8, 4) is 5.75 Å². The van der Waals surface area contributed by atoms with Gasteiger partial charge in [-0.3, -0.25) is 0 Å². The van der Waals surface area contributed by atoms with Gasteiger partial charge in [-0.1, -0.05) is 38.5 Å². The number of carbonyl (C=O) groups excluding carboxylic acids is 1. The molecule has 1 aliphatic carbocycles. The molecule has 0 radical (unpaired) electrons. The number of rotatable bonds is 6. The van der Waals surface area contributed by atoms with Crippen molar-refractivity contribution in [2.24, 2.45) is 11.3 Å². The highest BCUT2D eigenvalue weighted by Crippen LogP contribution is 2.45. The van der Waals surface area contributed by atoms with Crippen molar-refractivity contribution in [1.29, 1.82) is 0 Å². The van der Waals surface area contributed by atoms with E-state index in [0.29, 0.717) is 24.4 Å². The summed E-state index contributed by atoms with van der Waals surface area (Å²) in [5.74, 6) is 1.57. The fraction of sp³-hybridized carbons (Fsp3) is 0.632. The molecule has 0 bridgehead atoms. The molecule has 2 fully saturated rings. The predicted molar refractivity (Wildman–Crippen MR) is 91.6 cm³/mol. The first kappa shape index (κ1) is 16.2. The molecule has 2 amide bonds. The van der Waals surface area contributed by atoms with Crippen molar-refractivity contribution in [2.75, 3.05) is 19.6 Å². The zero-order valence-electron chi connectivity index (χ0n) is 14.3. The summed E-state index contributed by atoms with van der Waals surface area (Å²) in [4.78, 5) is 14.1. The molecule has 1 saturated heterocycles. The summed E-state index contributed by atoms with van der Waals surface area (Å²) in [7, 11) is 0. The molecule has 1 saturated carbocycles. The molecule has 1 aliphatic heterocycles. The summed E-state index contributed by atoms with van der Waals surface area (Å²) >= 11 is 0. The van der Waals surface area contributed by atoms with Gasteiger partial charge < -0.3 is 15.0 Å². The molecular formula is C19H28N2O2. The Bertz CT molecular complexity index is 519. The molecular weight excluding hydrogens is 288 g/mol. The van der Waals surface area contributed by atoms with Crippen molar-refractivity contribution in [3.63, 3.8) is 0 Å². The van der Waals surface area contributed by atoms with Crippen molar-refractivity contribution < 1.29 is 9.53 Å². The van der Waals surface area contributed by atoms with Gasteiger partial charge in [-0.25, -0.2) is 4.79 Å². The number of carbonyl (C=O) groups is 1. The van der Waals surface area contributed by atoms with Crippen LogP contribution in [0.15, 0.2) is 30.3 Å². The molecule has 126 valence electrons. The topological polar surface area (TPSA) is 41.6 Å². The first-order chi connectivity index (χ1) is 11.1. The van der Waals surface area contributed by atoms with E-state index in [1.54, 1.807) is 0 Å². The molecule has 0 atom stereocenters. The highest BCUT2D eigenvalue weighted by atomic mass is 16.5. The fourth-order valence-corrected chi connectivity index (χ4v) is 3.74. The highest BCUT2D eigenvalue weighted by molar-refractivity contribution is 5.75. The normalized spacial score (nSPS) is 19.9. The second kappa shape index (κ2) is 6.81. The van der Waals surface area contributed by atoms with Crippen LogP contribution in [0.2, 0.25) is 0 Å². The third-order valence-corrected chi connectivity index (χ3v) is 5.05. The van der Waals surface area contributed by atoms with E-state index in [1.165, 1.54) is 25.7 Å². The maximum Gasteiger partial charge on any atom is 0.317 e. The van der Waals surface area contributed by atoms with Gasteiger partial charge in [0.2, 0.25) is 0 Å². The largest absolute Gasteiger partial charge is 0.487 e. The SMILES string of the molecule is CC(C)CC1(CNC(=O)N2CC(Oc3ccccc3)C2)CCC1. The van der Waals surface area contributed by atoms with Crippen LogP contribution in [-0.2, 0) is 0 Å². The molecule has 3 rings (SSSR count). The lowest BCUT2D eigenvalue weighted by Gasteiger charge is -2.45. The van der Waals surface area contributed by atoms with Gasteiger partial charge in [-0.15, -0.1) is 0 Å². The quantitative estimate of drug-likeness (QED) is 0.870. The van der Waals surface area contributed by atoms with Crippen molar-refractivity contribution in [3.05, 3.63) is 30.3 Å². The maximum absolute atomic E-state index is 12.3. The Morgan fingerprint density at radius 2 is 2.00 bits per heavy atom. The van der Waals surface area contributed by atoms with E-state index in [1.807, 2.05) is 35.2 Å². The van der Waals surface area contributed by atoms with Gasteiger partial charge in [0.25, 0.3) is 0 Å². The second-order valence-electron chi connectivity index (χ2n) is 7.57. The van der Waals surface area contributed by atoms with Gasteiger partial charge in [-0.05, 0) is 42.7 Å². The predicted octanol–water partition coefficient (Wildman–Crippen LogP) is 3.68. The van der Waals surface area contributed by atoms with Gasteiger partial charge in [-0.2, -0.15) is 0 Å². The number of urea groups is 1. The summed E-state index contributed by atoms with van der Waals surface area (Å²) in [6.45, 7) is 6.71. The molecule has 4 nitrogen and oxygen atoms in total. The van der Waals surface area contributed by atoms with E-state index in [4.69, 9.17) is 4.74 Å². The number of para-hydroxylation sites is 1. The monoisotopic (exact) mass is 316 g/mol. The lowest BCUT2D eigenvalue weighted by Crippen LogP contribution is -2.60. The molecule has 4 heteroatoms. The Morgan fingerprint density at radius 3 is 2.57 bits per heavy atom. The molecule has 1 heterocycles. The number of benzene rings is 1. The van der Waals surface area contributed by atoms with Crippen LogP contribution in [0.3, 0.4) is 0 Å². The van der Waals surface area contributed by atoms with Gasteiger partial charge in [0.05, 0.1) is 13.1 Å². The molecule has 1 aromatic carbocycles. The van der Waals surface area contributed by atoms with Crippen molar-refractivity contribution in [2.45, 2.75) is 45.6 Å². The van der Waals surface area contributed by atoms with Crippen LogP contribution in [0.1, 0.15) is 39.5 Å². The lowest BCUT2D eigenvalue weighted by atomic mass is 9.64. The van der Waals surface area contributed by atoms with Crippen LogP contribution < -0.4 is 10.1 Å². The first-order valence-corrected chi connectivity index (χ1v) is 8.81. The molecule has 1 aromatic rings. The van der Waals surface area contributed by atoms with E-state index in [9.17, 15) is 4.79 Å². The summed E-state index contributed by atoms with van der Waals surface area (Å²) in [6, 6.07) is 9.87. The van der Waals surface area contributed by atoms with Crippen LogP contribution in [-0.4, -0.2) is 36.7 Å². The Labute approximate surface area is 139 Å². The molecule has 23 heavy (non-hydrogen) atoms. The summed E-state index contributed by atoms with van der Waals surface area (Å²) in [5, 5.41) is 3.15. The number of hydrogen-bond acceptors (Lipinski definition) is 2. The minimum absolute atomic E-state index is 0.0629. The third-order valence-electron chi connectivity index (χ3n) is 5.05. The van der Waals surface area contributed by atoms with Gasteiger partial charge >= 0.3 is 6.03 Å². The molecule has 0 unspecified atom stereocenters. The van der Waals surface area contributed by atoms with Gasteiger partial charge in [0.15, 0.2) is 0 Å². The number of ether oxygens (including phenoxy) is 1. The maximum atomic E-state index is 12.3. The van der Waals surface area contributed by atoms with E-state index in [0.717, 1.165) is 12.3 Å². The number of nitrogens with one attached hydrogen (secondary N) is 1. The average Bonchev–Trinajstić information content (AvgIpc) is 2.45. The standard InChI is InChI=1S/C19H28N2O2/c1-15(2)11-19(9-6-10-19)14-20-18(22)21-12-17(13-21)23-16-7-4-3-5-8-16/h3-5,7-8,15,17H,6,9-14H2,1-2H3,(H,20,22). The summed E-state index contributed by atoms with van der Waals surface area (Å²) < 4.78 is 5.84. The Hall–Kier alpha value is -1.71. The molecule has 2 aliphatic rings. The van der Waals surface area contributed by atoms with E-state index in [-0.39, 0.29) is 12.1 Å². The number of hydrogen-bond donors (Lipinski definition) is 1. The van der Waals surface area contributed by atoms with E-state index < -0.39 is 0 Å².